The van der Waals surface area contributed by atoms with Crippen molar-refractivity contribution < 1.29 is 0 Å². The van der Waals surface area contributed by atoms with E-state index in [1.54, 1.807) is 0 Å². The van der Waals surface area contributed by atoms with E-state index < -0.39 is 0 Å². The van der Waals surface area contributed by atoms with E-state index in [0.717, 1.165) is 16.0 Å². The summed E-state index contributed by atoms with van der Waals surface area (Å²) < 4.78 is 0.827. The number of aromatic nitrogens is 1. The molecule has 110 valence electrons. The molecule has 0 saturated heterocycles. The van der Waals surface area contributed by atoms with Gasteiger partial charge in [0, 0.05) is 0 Å². The van der Waals surface area contributed by atoms with Crippen molar-refractivity contribution in [1.29, 1.82) is 0 Å². The normalized spacial score (nSPS) is 11.8. The van der Waals surface area contributed by atoms with Crippen LogP contribution < -0.4 is 0 Å². The molecule has 0 spiro atoms. The molecule has 1 aromatic heterocycles. The molecule has 0 unspecified atom stereocenters. The first kappa shape index (κ1) is 15.9. The van der Waals surface area contributed by atoms with Crippen molar-refractivity contribution in [3.05, 3.63) is 57.8 Å². The molecule has 0 fully saturated rings. The van der Waals surface area contributed by atoms with E-state index in [9.17, 15) is 0 Å². The second-order valence-electron chi connectivity index (χ2n) is 5.74. The number of rotatable bonds is 4. The summed E-state index contributed by atoms with van der Waals surface area (Å²) in [6.45, 7) is 8.82. The second kappa shape index (κ2) is 6.99. The van der Waals surface area contributed by atoms with Crippen molar-refractivity contribution >= 4 is 27.8 Å². The zero-order valence-corrected chi connectivity index (χ0v) is 14.6. The van der Waals surface area contributed by atoms with E-state index in [0.29, 0.717) is 11.8 Å². The molecule has 1 aromatic carbocycles. The third-order valence-corrected chi connectivity index (χ3v) is 3.85. The molecule has 0 aliphatic carbocycles. The second-order valence-corrected chi connectivity index (χ2v) is 6.55. The summed E-state index contributed by atoms with van der Waals surface area (Å²) in [4.78, 5) is 9.16. The molecule has 2 nitrogen and oxygen atoms in total. The first-order valence-electron chi connectivity index (χ1n) is 7.28. The Kier molecular flexibility index (Phi) is 5.29. The molecule has 0 amide bonds. The Hall–Kier alpha value is -1.48. The Morgan fingerprint density at radius 2 is 1.52 bits per heavy atom. The molecule has 0 bridgehead atoms. The predicted molar refractivity (Wildman–Crippen MR) is 93.8 cm³/mol. The zero-order valence-electron chi connectivity index (χ0n) is 13.0. The van der Waals surface area contributed by atoms with Crippen molar-refractivity contribution in [3.63, 3.8) is 0 Å². The first-order valence-corrected chi connectivity index (χ1v) is 8.07. The highest BCUT2D eigenvalue weighted by Crippen LogP contribution is 2.34. The molecule has 0 saturated carbocycles. The fourth-order valence-corrected chi connectivity index (χ4v) is 2.64. The third kappa shape index (κ3) is 4.01. The van der Waals surface area contributed by atoms with Crippen LogP contribution in [0.3, 0.4) is 0 Å². The number of pyridine rings is 1. The lowest BCUT2D eigenvalue weighted by Gasteiger charge is -2.16. The summed E-state index contributed by atoms with van der Waals surface area (Å²) >= 11 is 3.39. The summed E-state index contributed by atoms with van der Waals surface area (Å²) in [5, 5.41) is 0. The molecule has 2 aromatic rings. The number of nitrogens with zero attached hydrogens (tertiary/aromatic N) is 2. The molecule has 0 aliphatic rings. The number of halogens is 1. The number of hydrogen-bond acceptors (Lipinski definition) is 2. The molecule has 2 rings (SSSR count). The number of aliphatic imine (C=N–C) groups is 1. The van der Waals surface area contributed by atoms with Crippen LogP contribution in [0, 0.1) is 0 Å². The van der Waals surface area contributed by atoms with Gasteiger partial charge >= 0.3 is 0 Å². The summed E-state index contributed by atoms with van der Waals surface area (Å²) in [6, 6.07) is 12.3. The van der Waals surface area contributed by atoms with E-state index in [4.69, 9.17) is 4.99 Å². The van der Waals surface area contributed by atoms with E-state index in [2.05, 4.69) is 66.8 Å². The fraction of sp³-hybridized carbons (Fsp3) is 0.333. The topological polar surface area (TPSA) is 25.2 Å². The summed E-state index contributed by atoms with van der Waals surface area (Å²) in [5.74, 6) is 0.901. The van der Waals surface area contributed by atoms with E-state index in [1.165, 1.54) is 11.1 Å². The predicted octanol–water partition coefficient (Wildman–Crippen LogP) is 5.84. The van der Waals surface area contributed by atoms with Gasteiger partial charge in [-0.25, -0.2) is 4.98 Å². The average Bonchev–Trinajstić information content (AvgIpc) is 2.44. The third-order valence-electron chi connectivity index (χ3n) is 3.41. The fourth-order valence-electron chi connectivity index (χ4n) is 2.29. The SMILES string of the molecule is CC(C)c1cccc(C(C)C)c1/N=C\c1cccc(Br)n1. The Balaban J connectivity index is 2.46. The van der Waals surface area contributed by atoms with Gasteiger partial charge < -0.3 is 0 Å². The van der Waals surface area contributed by atoms with E-state index in [-0.39, 0.29) is 0 Å². The van der Waals surface area contributed by atoms with Gasteiger partial charge in [-0.3, -0.25) is 4.99 Å². The lowest BCUT2D eigenvalue weighted by molar-refractivity contribution is 0.835. The smallest absolute Gasteiger partial charge is 0.106 e. The highest BCUT2D eigenvalue weighted by molar-refractivity contribution is 9.10. The quantitative estimate of drug-likeness (QED) is 0.505. The van der Waals surface area contributed by atoms with Crippen molar-refractivity contribution in [3.8, 4) is 0 Å². The van der Waals surface area contributed by atoms with Crippen LogP contribution in [-0.4, -0.2) is 11.2 Å². The van der Waals surface area contributed by atoms with Crippen LogP contribution in [0.25, 0.3) is 0 Å². The van der Waals surface area contributed by atoms with Crippen molar-refractivity contribution in [1.82, 2.24) is 4.98 Å². The van der Waals surface area contributed by atoms with Gasteiger partial charge in [0.15, 0.2) is 0 Å². The minimum Gasteiger partial charge on any atom is -0.254 e. The number of hydrogen-bond donors (Lipinski definition) is 0. The highest BCUT2D eigenvalue weighted by atomic mass is 79.9. The van der Waals surface area contributed by atoms with Gasteiger partial charge in [-0.05, 0) is 51.0 Å². The lowest BCUT2D eigenvalue weighted by atomic mass is 9.93. The zero-order chi connectivity index (χ0) is 15.4. The van der Waals surface area contributed by atoms with Gasteiger partial charge in [-0.2, -0.15) is 0 Å². The monoisotopic (exact) mass is 344 g/mol. The first-order chi connectivity index (χ1) is 9.99. The maximum absolute atomic E-state index is 4.75. The van der Waals surface area contributed by atoms with Gasteiger partial charge in [0.05, 0.1) is 17.6 Å². The summed E-state index contributed by atoms with van der Waals surface area (Å²) in [7, 11) is 0. The minimum atomic E-state index is 0.450. The molecular formula is C18H21BrN2. The van der Waals surface area contributed by atoms with Gasteiger partial charge in [0.2, 0.25) is 0 Å². The van der Waals surface area contributed by atoms with Crippen LogP contribution in [0.4, 0.5) is 5.69 Å². The van der Waals surface area contributed by atoms with Gasteiger partial charge in [-0.1, -0.05) is 52.0 Å². The van der Waals surface area contributed by atoms with Gasteiger partial charge in [0.1, 0.15) is 4.60 Å². The summed E-state index contributed by atoms with van der Waals surface area (Å²) in [5.41, 5.74) is 4.52. The van der Waals surface area contributed by atoms with Crippen LogP contribution >= 0.6 is 15.9 Å². The Morgan fingerprint density at radius 3 is 2.05 bits per heavy atom. The molecular weight excluding hydrogens is 324 g/mol. The van der Waals surface area contributed by atoms with Crippen molar-refractivity contribution in [2.75, 3.05) is 0 Å². The molecule has 0 atom stereocenters. The van der Waals surface area contributed by atoms with Crippen LogP contribution in [0.2, 0.25) is 0 Å². The lowest BCUT2D eigenvalue weighted by Crippen LogP contribution is -1.96. The maximum Gasteiger partial charge on any atom is 0.106 e. The molecule has 3 heteroatoms. The standard InChI is InChI=1S/C18H21BrN2/c1-12(2)15-8-6-9-16(13(3)4)18(15)20-11-14-7-5-10-17(19)21-14/h5-13H,1-4H3/b20-11-. The van der Waals surface area contributed by atoms with Crippen LogP contribution in [0.1, 0.15) is 56.4 Å². The van der Waals surface area contributed by atoms with Gasteiger partial charge in [-0.15, -0.1) is 0 Å². The Morgan fingerprint density at radius 1 is 0.952 bits per heavy atom. The number of para-hydroxylation sites is 1. The van der Waals surface area contributed by atoms with Crippen molar-refractivity contribution in [2.45, 2.75) is 39.5 Å². The molecule has 0 N–H and O–H groups in total. The van der Waals surface area contributed by atoms with Crippen LogP contribution in [0.15, 0.2) is 46.0 Å². The van der Waals surface area contributed by atoms with E-state index >= 15 is 0 Å². The largest absolute Gasteiger partial charge is 0.254 e. The Labute approximate surface area is 135 Å². The highest BCUT2D eigenvalue weighted by Gasteiger charge is 2.12. The molecule has 21 heavy (non-hydrogen) atoms. The van der Waals surface area contributed by atoms with E-state index in [1.807, 2.05) is 24.4 Å². The maximum atomic E-state index is 4.75. The average molecular weight is 345 g/mol. The Bertz CT molecular complexity index is 619. The van der Waals surface area contributed by atoms with Gasteiger partial charge in [0.25, 0.3) is 0 Å². The van der Waals surface area contributed by atoms with Crippen LogP contribution in [0.5, 0.6) is 0 Å². The molecule has 1 heterocycles. The minimum absolute atomic E-state index is 0.450. The molecule has 0 aliphatic heterocycles. The number of benzene rings is 1. The summed E-state index contributed by atoms with van der Waals surface area (Å²) in [6.07, 6.45) is 1.85. The molecule has 0 radical (unpaired) electrons. The van der Waals surface area contributed by atoms with Crippen molar-refractivity contribution in [2.24, 2.45) is 4.99 Å². The van der Waals surface area contributed by atoms with Crippen LogP contribution in [-0.2, 0) is 0 Å².